The lowest BCUT2D eigenvalue weighted by molar-refractivity contribution is 0.106. The summed E-state index contributed by atoms with van der Waals surface area (Å²) in [5, 5.41) is 9.91. The van der Waals surface area contributed by atoms with Crippen molar-refractivity contribution in [3.63, 3.8) is 0 Å². The third-order valence-electron chi connectivity index (χ3n) is 3.20. The quantitative estimate of drug-likeness (QED) is 0.721. The topological polar surface area (TPSA) is 20.2 Å². The van der Waals surface area contributed by atoms with Crippen molar-refractivity contribution in [2.75, 3.05) is 0 Å². The van der Waals surface area contributed by atoms with E-state index in [1.165, 1.54) is 24.0 Å². The fraction of sp³-hybridized carbons (Fsp3) is 0.538. The molecule has 0 aromatic heterocycles. The predicted octanol–water partition coefficient (Wildman–Crippen LogP) is 3.01. The van der Waals surface area contributed by atoms with E-state index in [1.807, 2.05) is 0 Å². The maximum atomic E-state index is 9.91. The Morgan fingerprint density at radius 2 is 2.00 bits per heavy atom. The number of hydrogen-bond donors (Lipinski definition) is 1. The average Bonchev–Trinajstić information content (AvgIpc) is 2.18. The highest BCUT2D eigenvalue weighted by atomic mass is 16.3. The Kier molecular flexibility index (Phi) is 2.87. The highest BCUT2D eigenvalue weighted by Gasteiger charge is 2.24. The molecule has 2 atom stereocenters. The molecule has 0 heterocycles. The van der Waals surface area contributed by atoms with Gasteiger partial charge in [0.2, 0.25) is 0 Å². The smallest absolute Gasteiger partial charge is 0.0608 e. The Hall–Kier alpha value is -0.820. The number of rotatable bonds is 1. The van der Waals surface area contributed by atoms with E-state index in [0.29, 0.717) is 5.92 Å². The predicted molar refractivity (Wildman–Crippen MR) is 58.4 cm³/mol. The highest BCUT2D eigenvalue weighted by Crippen LogP contribution is 2.33. The molecule has 1 nitrogen and oxygen atoms in total. The summed E-state index contributed by atoms with van der Waals surface area (Å²) in [7, 11) is 0. The molecule has 1 fully saturated rings. The first-order valence-electron chi connectivity index (χ1n) is 5.52. The van der Waals surface area contributed by atoms with Crippen LogP contribution in [-0.4, -0.2) is 11.2 Å². The minimum Gasteiger partial charge on any atom is -0.392 e. The maximum absolute atomic E-state index is 9.91. The van der Waals surface area contributed by atoms with E-state index < -0.39 is 0 Å². The minimum atomic E-state index is -0.120. The molecule has 14 heavy (non-hydrogen) atoms. The Labute approximate surface area is 85.8 Å². The zero-order chi connectivity index (χ0) is 9.97. The average molecular weight is 190 g/mol. The van der Waals surface area contributed by atoms with Gasteiger partial charge in [-0.05, 0) is 25.3 Å². The normalized spacial score (nSPS) is 27.6. The van der Waals surface area contributed by atoms with Crippen molar-refractivity contribution >= 4 is 0 Å². The van der Waals surface area contributed by atoms with Crippen LogP contribution in [0.3, 0.4) is 0 Å². The second kappa shape index (κ2) is 4.14. The number of aliphatic hydroxyl groups excluding tert-OH is 1. The van der Waals surface area contributed by atoms with Crippen LogP contribution in [0.15, 0.2) is 24.3 Å². The van der Waals surface area contributed by atoms with Crippen LogP contribution in [0, 0.1) is 6.92 Å². The maximum Gasteiger partial charge on any atom is 0.0608 e. The van der Waals surface area contributed by atoms with Crippen LogP contribution in [0.5, 0.6) is 0 Å². The van der Waals surface area contributed by atoms with E-state index in [1.54, 1.807) is 0 Å². The molecule has 1 aromatic rings. The molecule has 1 saturated carbocycles. The van der Waals surface area contributed by atoms with Crippen LogP contribution in [-0.2, 0) is 0 Å². The van der Waals surface area contributed by atoms with Gasteiger partial charge in [-0.15, -0.1) is 0 Å². The van der Waals surface area contributed by atoms with Crippen LogP contribution < -0.4 is 0 Å². The molecular weight excluding hydrogens is 172 g/mol. The second-order valence-corrected chi connectivity index (χ2v) is 4.37. The monoisotopic (exact) mass is 190 g/mol. The summed E-state index contributed by atoms with van der Waals surface area (Å²) < 4.78 is 0. The van der Waals surface area contributed by atoms with Crippen molar-refractivity contribution in [3.05, 3.63) is 35.4 Å². The van der Waals surface area contributed by atoms with E-state index in [4.69, 9.17) is 0 Å². The van der Waals surface area contributed by atoms with Gasteiger partial charge in [0.1, 0.15) is 0 Å². The molecule has 0 spiro atoms. The van der Waals surface area contributed by atoms with Crippen LogP contribution in [0.1, 0.15) is 42.7 Å². The van der Waals surface area contributed by atoms with Crippen molar-refractivity contribution in [2.45, 2.75) is 44.6 Å². The van der Waals surface area contributed by atoms with Gasteiger partial charge in [-0.25, -0.2) is 0 Å². The summed E-state index contributed by atoms with van der Waals surface area (Å²) in [6.07, 6.45) is 4.44. The Morgan fingerprint density at radius 1 is 1.21 bits per heavy atom. The molecule has 1 N–H and O–H groups in total. The molecule has 0 radical (unpaired) electrons. The molecular formula is C13H18O. The lowest BCUT2D eigenvalue weighted by Crippen LogP contribution is -2.22. The molecule has 1 aliphatic rings. The number of aliphatic hydroxyl groups is 1. The van der Waals surface area contributed by atoms with Crippen molar-refractivity contribution in [1.29, 1.82) is 0 Å². The number of benzene rings is 1. The Bertz CT molecular complexity index is 306. The van der Waals surface area contributed by atoms with E-state index in [2.05, 4.69) is 31.2 Å². The van der Waals surface area contributed by atoms with Crippen LogP contribution in [0.2, 0.25) is 0 Å². The van der Waals surface area contributed by atoms with Gasteiger partial charge in [-0.1, -0.05) is 42.7 Å². The zero-order valence-corrected chi connectivity index (χ0v) is 8.74. The molecule has 76 valence electrons. The van der Waals surface area contributed by atoms with Crippen molar-refractivity contribution in [1.82, 2.24) is 0 Å². The standard InChI is InChI=1S/C13H18O/c1-10-5-4-6-11(9-10)12-7-2-3-8-13(12)14/h4-6,9,12-14H,2-3,7-8H2,1H3/t12-,13+/m1/s1. The summed E-state index contributed by atoms with van der Waals surface area (Å²) in [6.45, 7) is 2.11. The molecule has 0 bridgehead atoms. The fourth-order valence-electron chi connectivity index (χ4n) is 2.40. The molecule has 2 rings (SSSR count). The van der Waals surface area contributed by atoms with Gasteiger partial charge in [0.15, 0.2) is 0 Å². The van der Waals surface area contributed by atoms with Gasteiger partial charge in [-0.2, -0.15) is 0 Å². The van der Waals surface area contributed by atoms with Crippen LogP contribution in [0.25, 0.3) is 0 Å². The molecule has 1 aromatic carbocycles. The third kappa shape index (κ3) is 1.98. The van der Waals surface area contributed by atoms with Crippen molar-refractivity contribution < 1.29 is 5.11 Å². The fourth-order valence-corrected chi connectivity index (χ4v) is 2.40. The van der Waals surface area contributed by atoms with Gasteiger partial charge < -0.3 is 5.11 Å². The van der Waals surface area contributed by atoms with Crippen LogP contribution in [0.4, 0.5) is 0 Å². The molecule has 1 heteroatoms. The summed E-state index contributed by atoms with van der Waals surface area (Å²) in [6, 6.07) is 8.55. The van der Waals surface area contributed by atoms with E-state index in [-0.39, 0.29) is 6.10 Å². The number of aryl methyl sites for hydroxylation is 1. The van der Waals surface area contributed by atoms with Gasteiger partial charge in [0.05, 0.1) is 6.10 Å². The van der Waals surface area contributed by atoms with Gasteiger partial charge in [0.25, 0.3) is 0 Å². The molecule has 0 amide bonds. The van der Waals surface area contributed by atoms with E-state index in [0.717, 1.165) is 12.8 Å². The minimum absolute atomic E-state index is 0.120. The largest absolute Gasteiger partial charge is 0.392 e. The van der Waals surface area contributed by atoms with Gasteiger partial charge >= 0.3 is 0 Å². The van der Waals surface area contributed by atoms with Crippen molar-refractivity contribution in [3.8, 4) is 0 Å². The molecule has 1 aliphatic carbocycles. The number of hydrogen-bond acceptors (Lipinski definition) is 1. The lowest BCUT2D eigenvalue weighted by Gasteiger charge is -2.28. The first kappa shape index (κ1) is 9.72. The first-order valence-corrected chi connectivity index (χ1v) is 5.52. The Morgan fingerprint density at radius 3 is 2.71 bits per heavy atom. The lowest BCUT2D eigenvalue weighted by atomic mass is 9.81. The highest BCUT2D eigenvalue weighted by molar-refractivity contribution is 5.26. The van der Waals surface area contributed by atoms with E-state index >= 15 is 0 Å². The molecule has 0 aliphatic heterocycles. The van der Waals surface area contributed by atoms with Crippen molar-refractivity contribution in [2.24, 2.45) is 0 Å². The van der Waals surface area contributed by atoms with Crippen LogP contribution >= 0.6 is 0 Å². The summed E-state index contributed by atoms with van der Waals surface area (Å²) in [5.74, 6) is 0.378. The second-order valence-electron chi connectivity index (χ2n) is 4.37. The molecule has 0 saturated heterocycles. The third-order valence-corrected chi connectivity index (χ3v) is 3.20. The summed E-state index contributed by atoms with van der Waals surface area (Å²) >= 11 is 0. The summed E-state index contributed by atoms with van der Waals surface area (Å²) in [4.78, 5) is 0. The zero-order valence-electron chi connectivity index (χ0n) is 8.74. The first-order chi connectivity index (χ1) is 6.77. The summed E-state index contributed by atoms with van der Waals surface area (Å²) in [5.41, 5.74) is 2.61. The Balaban J connectivity index is 2.20. The van der Waals surface area contributed by atoms with Gasteiger partial charge in [-0.3, -0.25) is 0 Å². The molecule has 0 unspecified atom stereocenters. The SMILES string of the molecule is Cc1cccc([C@H]2CCCC[C@@H]2O)c1. The van der Waals surface area contributed by atoms with Gasteiger partial charge in [0, 0.05) is 5.92 Å². The van der Waals surface area contributed by atoms with E-state index in [9.17, 15) is 5.11 Å².